The molecule has 0 radical (unpaired) electrons. The lowest BCUT2D eigenvalue weighted by Crippen LogP contribution is -2.30. The number of sulfonamides is 1. The molecule has 1 aliphatic heterocycles. The number of primary sulfonamides is 1. The minimum absolute atomic E-state index is 0.0655. The fraction of sp³-hybridized carbons (Fsp3) is 0.545. The van der Waals surface area contributed by atoms with Crippen LogP contribution >= 0.6 is 0 Å². The summed E-state index contributed by atoms with van der Waals surface area (Å²) >= 11 is 0. The molecule has 2 heterocycles. The van der Waals surface area contributed by atoms with Gasteiger partial charge in [-0.05, 0) is 17.9 Å². The van der Waals surface area contributed by atoms with Crippen molar-refractivity contribution < 1.29 is 13.2 Å². The number of rotatable bonds is 2. The van der Waals surface area contributed by atoms with Gasteiger partial charge in [0.1, 0.15) is 5.69 Å². The maximum absolute atomic E-state index is 12.1. The number of H-pyrrole nitrogens is 1. The largest absolute Gasteiger partial charge is 0.356 e. The van der Waals surface area contributed by atoms with Gasteiger partial charge in [-0.25, -0.2) is 13.6 Å². The van der Waals surface area contributed by atoms with E-state index in [9.17, 15) is 13.2 Å². The smallest absolute Gasteiger partial charge is 0.270 e. The van der Waals surface area contributed by atoms with E-state index < -0.39 is 10.0 Å². The van der Waals surface area contributed by atoms with Crippen LogP contribution in [0.1, 0.15) is 30.8 Å². The molecule has 100 valence electrons. The average Bonchev–Trinajstić information content (AvgIpc) is 2.82. The van der Waals surface area contributed by atoms with E-state index in [2.05, 4.69) is 18.8 Å². The van der Waals surface area contributed by atoms with E-state index in [4.69, 9.17) is 5.14 Å². The number of nitrogens with zero attached hydrogens (tertiary/aromatic N) is 1. The van der Waals surface area contributed by atoms with Crippen LogP contribution in [0.5, 0.6) is 0 Å². The van der Waals surface area contributed by atoms with Gasteiger partial charge in [-0.1, -0.05) is 13.8 Å². The Morgan fingerprint density at radius 2 is 2.17 bits per heavy atom. The van der Waals surface area contributed by atoms with E-state index >= 15 is 0 Å². The molecule has 1 aromatic heterocycles. The molecule has 0 aromatic carbocycles. The number of hydrogen-bond acceptors (Lipinski definition) is 3. The fourth-order valence-corrected chi connectivity index (χ4v) is 2.62. The molecule has 6 nitrogen and oxygen atoms in total. The summed E-state index contributed by atoms with van der Waals surface area (Å²) in [5.41, 5.74) is 0.377. The number of likely N-dealkylation sites (tertiary alicyclic amines) is 1. The third-order valence-corrected chi connectivity index (χ3v) is 4.07. The highest BCUT2D eigenvalue weighted by molar-refractivity contribution is 7.89. The van der Waals surface area contributed by atoms with Crippen molar-refractivity contribution in [2.75, 3.05) is 13.1 Å². The van der Waals surface area contributed by atoms with E-state index in [0.29, 0.717) is 13.1 Å². The van der Waals surface area contributed by atoms with Gasteiger partial charge in [0, 0.05) is 19.3 Å². The summed E-state index contributed by atoms with van der Waals surface area (Å²) in [5, 5.41) is 4.99. The quantitative estimate of drug-likeness (QED) is 0.821. The van der Waals surface area contributed by atoms with Gasteiger partial charge >= 0.3 is 0 Å². The van der Waals surface area contributed by atoms with E-state index in [1.165, 1.54) is 12.3 Å². The second kappa shape index (κ2) is 4.10. The second-order valence-electron chi connectivity index (χ2n) is 5.43. The van der Waals surface area contributed by atoms with E-state index in [1.54, 1.807) is 4.90 Å². The number of carbonyl (C=O) groups excluding carboxylic acids is 1. The predicted molar refractivity (Wildman–Crippen MR) is 66.5 cm³/mol. The van der Waals surface area contributed by atoms with Gasteiger partial charge in [-0.15, -0.1) is 0 Å². The molecule has 18 heavy (non-hydrogen) atoms. The molecule has 0 saturated carbocycles. The van der Waals surface area contributed by atoms with Crippen molar-refractivity contribution in [3.05, 3.63) is 18.0 Å². The maximum atomic E-state index is 12.1. The number of nitrogens with two attached hydrogens (primary N) is 1. The summed E-state index contributed by atoms with van der Waals surface area (Å²) in [6.07, 6.45) is 2.19. The van der Waals surface area contributed by atoms with Gasteiger partial charge in [0.2, 0.25) is 10.0 Å². The summed E-state index contributed by atoms with van der Waals surface area (Å²) in [7, 11) is -3.76. The molecule has 0 spiro atoms. The minimum atomic E-state index is -3.76. The standard InChI is InChI=1S/C11H17N3O3S/c1-11(2)3-4-14(7-11)10(15)9-5-8(6-13-9)18(12,16)17/h5-6,13H,3-4,7H2,1-2H3,(H2,12,16,17). The Morgan fingerprint density at radius 1 is 1.50 bits per heavy atom. The third-order valence-electron chi connectivity index (χ3n) is 3.18. The molecule has 0 bridgehead atoms. The first-order valence-corrected chi connectivity index (χ1v) is 7.24. The first-order chi connectivity index (χ1) is 8.19. The van der Waals surface area contributed by atoms with Crippen molar-refractivity contribution in [3.63, 3.8) is 0 Å². The van der Waals surface area contributed by atoms with Crippen LogP contribution in [0.2, 0.25) is 0 Å². The van der Waals surface area contributed by atoms with Crippen LogP contribution < -0.4 is 5.14 Å². The SMILES string of the molecule is CC1(C)CCN(C(=O)c2cc(S(N)(=O)=O)c[nH]2)C1. The molecule has 1 saturated heterocycles. The van der Waals surface area contributed by atoms with Crippen LogP contribution in [0.25, 0.3) is 0 Å². The van der Waals surface area contributed by atoms with Crippen molar-refractivity contribution in [1.82, 2.24) is 9.88 Å². The van der Waals surface area contributed by atoms with Gasteiger partial charge < -0.3 is 9.88 Å². The summed E-state index contributed by atoms with van der Waals surface area (Å²) in [4.78, 5) is 16.5. The average molecular weight is 271 g/mol. The van der Waals surface area contributed by atoms with Crippen molar-refractivity contribution in [1.29, 1.82) is 0 Å². The molecule has 2 rings (SSSR count). The van der Waals surface area contributed by atoms with Crippen LogP contribution in [-0.4, -0.2) is 37.3 Å². The number of aromatic amines is 1. The van der Waals surface area contributed by atoms with Gasteiger partial charge in [0.15, 0.2) is 0 Å². The lowest BCUT2D eigenvalue weighted by Gasteiger charge is -2.19. The monoisotopic (exact) mass is 271 g/mol. The molecular formula is C11H17N3O3S. The molecule has 1 aliphatic rings. The van der Waals surface area contributed by atoms with Gasteiger partial charge in [-0.3, -0.25) is 4.79 Å². The lowest BCUT2D eigenvalue weighted by molar-refractivity contribution is 0.0773. The zero-order valence-corrected chi connectivity index (χ0v) is 11.3. The fourth-order valence-electron chi connectivity index (χ4n) is 2.12. The molecule has 1 amide bonds. The van der Waals surface area contributed by atoms with E-state index in [-0.39, 0.29) is 21.9 Å². The van der Waals surface area contributed by atoms with Crippen LogP contribution in [0.4, 0.5) is 0 Å². The molecular weight excluding hydrogens is 254 g/mol. The van der Waals surface area contributed by atoms with E-state index in [1.807, 2.05) is 0 Å². The number of nitrogens with one attached hydrogen (secondary N) is 1. The first-order valence-electron chi connectivity index (χ1n) is 5.70. The molecule has 1 fully saturated rings. The normalized spacial score (nSPS) is 19.2. The molecule has 1 aromatic rings. The lowest BCUT2D eigenvalue weighted by atomic mass is 9.93. The van der Waals surface area contributed by atoms with Crippen molar-refractivity contribution in [3.8, 4) is 0 Å². The Labute approximate surface area is 106 Å². The number of hydrogen-bond donors (Lipinski definition) is 2. The summed E-state index contributed by atoms with van der Waals surface area (Å²) in [5.74, 6) is -0.185. The Morgan fingerprint density at radius 3 is 2.61 bits per heavy atom. The summed E-state index contributed by atoms with van der Waals surface area (Å²) in [6.45, 7) is 5.57. The van der Waals surface area contributed by atoms with Gasteiger partial charge in [0.25, 0.3) is 5.91 Å². The first kappa shape index (κ1) is 13.1. The van der Waals surface area contributed by atoms with Crippen LogP contribution in [0.3, 0.4) is 0 Å². The van der Waals surface area contributed by atoms with Crippen LogP contribution in [-0.2, 0) is 10.0 Å². The molecule has 0 unspecified atom stereocenters. The molecule has 0 aliphatic carbocycles. The summed E-state index contributed by atoms with van der Waals surface area (Å²) in [6, 6.07) is 1.28. The number of amides is 1. The molecule has 3 N–H and O–H groups in total. The zero-order valence-electron chi connectivity index (χ0n) is 10.4. The number of carbonyl (C=O) groups is 1. The highest BCUT2D eigenvalue weighted by atomic mass is 32.2. The van der Waals surface area contributed by atoms with Gasteiger partial charge in [0.05, 0.1) is 4.90 Å². The third kappa shape index (κ3) is 2.56. The molecule has 7 heteroatoms. The number of aromatic nitrogens is 1. The summed E-state index contributed by atoms with van der Waals surface area (Å²) < 4.78 is 22.3. The van der Waals surface area contributed by atoms with Crippen molar-refractivity contribution in [2.45, 2.75) is 25.2 Å². The van der Waals surface area contributed by atoms with Crippen LogP contribution in [0.15, 0.2) is 17.2 Å². The minimum Gasteiger partial charge on any atom is -0.356 e. The molecule has 0 atom stereocenters. The second-order valence-corrected chi connectivity index (χ2v) is 7.00. The topological polar surface area (TPSA) is 96.3 Å². The highest BCUT2D eigenvalue weighted by Crippen LogP contribution is 2.29. The van der Waals surface area contributed by atoms with Crippen molar-refractivity contribution in [2.24, 2.45) is 10.6 Å². The van der Waals surface area contributed by atoms with E-state index in [0.717, 1.165) is 6.42 Å². The Kier molecular flexibility index (Phi) is 2.98. The predicted octanol–water partition coefficient (Wildman–Crippen LogP) is 0.534. The Balaban J connectivity index is 2.18. The highest BCUT2D eigenvalue weighted by Gasteiger charge is 2.33. The Hall–Kier alpha value is -1.34. The van der Waals surface area contributed by atoms with Gasteiger partial charge in [-0.2, -0.15) is 0 Å². The Bertz CT molecular complexity index is 574. The maximum Gasteiger partial charge on any atom is 0.270 e. The zero-order chi connectivity index (χ0) is 13.6. The van der Waals surface area contributed by atoms with Crippen LogP contribution in [0, 0.1) is 5.41 Å². The van der Waals surface area contributed by atoms with Crippen molar-refractivity contribution >= 4 is 15.9 Å².